The van der Waals surface area contributed by atoms with Gasteiger partial charge in [-0.05, 0) is 35.9 Å². The fraction of sp³-hybridized carbons (Fsp3) is 0.214. The van der Waals surface area contributed by atoms with Crippen LogP contribution < -0.4 is 5.32 Å². The summed E-state index contributed by atoms with van der Waals surface area (Å²) in [5.41, 5.74) is 3.09. The first kappa shape index (κ1) is 11.7. The normalized spacial score (nSPS) is 14.3. The lowest BCUT2D eigenvalue weighted by Crippen LogP contribution is -2.26. The van der Waals surface area contributed by atoms with Gasteiger partial charge in [0.1, 0.15) is 0 Å². The molecule has 1 aromatic carbocycles. The molecule has 3 rings (SSSR count). The standard InChI is InChI=1S/C14H13BrN2O/c15-12-3-1-10(2-4-12)14(18)17-8-6-11-9-16-7-5-13(11)17/h1-4,6,8,16H,5,7,9H2. The Balaban J connectivity index is 1.97. The lowest BCUT2D eigenvalue weighted by Gasteiger charge is -2.16. The average Bonchev–Trinajstić information content (AvgIpc) is 2.82. The maximum atomic E-state index is 12.4. The lowest BCUT2D eigenvalue weighted by atomic mass is 10.1. The van der Waals surface area contributed by atoms with Crippen molar-refractivity contribution >= 4 is 21.8 Å². The first-order valence-corrected chi connectivity index (χ1v) is 6.75. The van der Waals surface area contributed by atoms with Crippen LogP contribution in [0.4, 0.5) is 0 Å². The Morgan fingerprint density at radius 2 is 2.00 bits per heavy atom. The van der Waals surface area contributed by atoms with Crippen LogP contribution in [0.15, 0.2) is 41.0 Å². The molecule has 0 aliphatic carbocycles. The van der Waals surface area contributed by atoms with Crippen molar-refractivity contribution in [1.82, 2.24) is 9.88 Å². The number of nitrogens with zero attached hydrogens (tertiary/aromatic N) is 1. The van der Waals surface area contributed by atoms with E-state index in [0.29, 0.717) is 0 Å². The van der Waals surface area contributed by atoms with Crippen LogP contribution in [0.2, 0.25) is 0 Å². The Bertz CT molecular complexity index is 586. The maximum absolute atomic E-state index is 12.4. The number of benzene rings is 1. The van der Waals surface area contributed by atoms with Gasteiger partial charge in [-0.2, -0.15) is 0 Å². The first-order chi connectivity index (χ1) is 8.75. The number of hydrogen-bond acceptors (Lipinski definition) is 2. The predicted molar refractivity (Wildman–Crippen MR) is 73.7 cm³/mol. The first-order valence-electron chi connectivity index (χ1n) is 5.96. The van der Waals surface area contributed by atoms with E-state index in [1.165, 1.54) is 5.56 Å². The molecule has 0 saturated carbocycles. The molecule has 1 aliphatic heterocycles. The van der Waals surface area contributed by atoms with Crippen LogP contribution in [0.5, 0.6) is 0 Å². The number of aromatic nitrogens is 1. The zero-order valence-corrected chi connectivity index (χ0v) is 11.4. The van der Waals surface area contributed by atoms with Gasteiger partial charge in [-0.3, -0.25) is 9.36 Å². The highest BCUT2D eigenvalue weighted by atomic mass is 79.9. The average molecular weight is 305 g/mol. The summed E-state index contributed by atoms with van der Waals surface area (Å²) in [5.74, 6) is 0.0469. The lowest BCUT2D eigenvalue weighted by molar-refractivity contribution is 0.0957. The molecular weight excluding hydrogens is 292 g/mol. The maximum Gasteiger partial charge on any atom is 0.262 e. The van der Waals surface area contributed by atoms with E-state index < -0.39 is 0 Å². The molecule has 4 heteroatoms. The van der Waals surface area contributed by atoms with E-state index in [-0.39, 0.29) is 5.91 Å². The van der Waals surface area contributed by atoms with Crippen molar-refractivity contribution in [3.8, 4) is 0 Å². The summed E-state index contributed by atoms with van der Waals surface area (Å²) >= 11 is 3.38. The monoisotopic (exact) mass is 304 g/mol. The van der Waals surface area contributed by atoms with Crippen LogP contribution in [-0.4, -0.2) is 17.0 Å². The van der Waals surface area contributed by atoms with Gasteiger partial charge in [0.2, 0.25) is 0 Å². The van der Waals surface area contributed by atoms with E-state index in [0.717, 1.165) is 35.2 Å². The van der Waals surface area contributed by atoms with E-state index in [1.807, 2.05) is 36.5 Å². The van der Waals surface area contributed by atoms with E-state index in [9.17, 15) is 4.79 Å². The fourth-order valence-electron chi connectivity index (χ4n) is 2.30. The summed E-state index contributed by atoms with van der Waals surface area (Å²) in [6, 6.07) is 9.51. The molecule has 0 unspecified atom stereocenters. The number of nitrogens with one attached hydrogen (secondary N) is 1. The Hall–Kier alpha value is -1.39. The molecule has 0 saturated heterocycles. The van der Waals surface area contributed by atoms with Gasteiger partial charge >= 0.3 is 0 Å². The number of hydrogen-bond donors (Lipinski definition) is 1. The SMILES string of the molecule is O=C(c1ccc(Br)cc1)n1ccc2c1CCNC2. The molecule has 0 fully saturated rings. The summed E-state index contributed by atoms with van der Waals surface area (Å²) in [7, 11) is 0. The van der Waals surface area contributed by atoms with E-state index in [4.69, 9.17) is 0 Å². The largest absolute Gasteiger partial charge is 0.312 e. The molecule has 92 valence electrons. The van der Waals surface area contributed by atoms with Crippen LogP contribution in [0.25, 0.3) is 0 Å². The molecule has 0 spiro atoms. The summed E-state index contributed by atoms with van der Waals surface area (Å²) in [5, 5.41) is 3.31. The third-order valence-corrected chi connectivity index (χ3v) is 3.78. The Morgan fingerprint density at radius 3 is 2.78 bits per heavy atom. The van der Waals surface area contributed by atoms with Crippen LogP contribution in [0.1, 0.15) is 21.6 Å². The van der Waals surface area contributed by atoms with Gasteiger partial charge < -0.3 is 5.32 Å². The Kier molecular flexibility index (Phi) is 3.06. The molecule has 3 nitrogen and oxygen atoms in total. The number of fused-ring (bicyclic) bond motifs is 1. The highest BCUT2D eigenvalue weighted by molar-refractivity contribution is 9.10. The zero-order valence-electron chi connectivity index (χ0n) is 9.82. The molecule has 0 amide bonds. The fourth-order valence-corrected chi connectivity index (χ4v) is 2.56. The van der Waals surface area contributed by atoms with Crippen molar-refractivity contribution in [2.45, 2.75) is 13.0 Å². The number of halogens is 1. The molecule has 1 aliphatic rings. The van der Waals surface area contributed by atoms with Gasteiger partial charge in [-0.1, -0.05) is 15.9 Å². The van der Waals surface area contributed by atoms with Crippen LogP contribution >= 0.6 is 15.9 Å². The minimum atomic E-state index is 0.0469. The molecule has 18 heavy (non-hydrogen) atoms. The van der Waals surface area contributed by atoms with Gasteiger partial charge in [-0.15, -0.1) is 0 Å². The highest BCUT2D eigenvalue weighted by Crippen LogP contribution is 2.18. The zero-order chi connectivity index (χ0) is 12.5. The predicted octanol–water partition coefficient (Wildman–Crippen LogP) is 2.58. The highest BCUT2D eigenvalue weighted by Gasteiger charge is 2.17. The van der Waals surface area contributed by atoms with Crippen molar-refractivity contribution in [2.75, 3.05) is 6.54 Å². The number of carbonyl (C=O) groups is 1. The van der Waals surface area contributed by atoms with Crippen molar-refractivity contribution in [2.24, 2.45) is 0 Å². The van der Waals surface area contributed by atoms with Crippen molar-refractivity contribution < 1.29 is 4.79 Å². The molecule has 1 N–H and O–H groups in total. The van der Waals surface area contributed by atoms with Gasteiger partial charge in [-0.25, -0.2) is 0 Å². The second kappa shape index (κ2) is 4.71. The second-order valence-corrected chi connectivity index (χ2v) is 5.31. The number of rotatable bonds is 1. The van der Waals surface area contributed by atoms with E-state index in [1.54, 1.807) is 4.57 Å². The third kappa shape index (κ3) is 2.02. The second-order valence-electron chi connectivity index (χ2n) is 4.40. The van der Waals surface area contributed by atoms with Gasteiger partial charge in [0, 0.05) is 41.4 Å². The minimum Gasteiger partial charge on any atom is -0.312 e. The van der Waals surface area contributed by atoms with Gasteiger partial charge in [0.05, 0.1) is 0 Å². The van der Waals surface area contributed by atoms with Crippen molar-refractivity contribution in [1.29, 1.82) is 0 Å². The topological polar surface area (TPSA) is 34.0 Å². The Labute approximate surface area is 114 Å². The van der Waals surface area contributed by atoms with Crippen LogP contribution in [0, 0.1) is 0 Å². The summed E-state index contributed by atoms with van der Waals surface area (Å²) in [4.78, 5) is 12.4. The molecule has 0 atom stereocenters. The smallest absolute Gasteiger partial charge is 0.262 e. The molecule has 0 bridgehead atoms. The third-order valence-electron chi connectivity index (χ3n) is 3.25. The molecule has 2 aromatic rings. The summed E-state index contributed by atoms with van der Waals surface area (Å²) < 4.78 is 2.76. The van der Waals surface area contributed by atoms with Gasteiger partial charge in [0.15, 0.2) is 0 Å². The van der Waals surface area contributed by atoms with Crippen LogP contribution in [-0.2, 0) is 13.0 Å². The number of carbonyl (C=O) groups excluding carboxylic acids is 1. The van der Waals surface area contributed by atoms with Gasteiger partial charge in [0.25, 0.3) is 5.91 Å². The molecular formula is C14H13BrN2O. The van der Waals surface area contributed by atoms with Crippen molar-refractivity contribution in [3.05, 3.63) is 57.8 Å². The summed E-state index contributed by atoms with van der Waals surface area (Å²) in [6.45, 7) is 1.79. The Morgan fingerprint density at radius 1 is 1.22 bits per heavy atom. The van der Waals surface area contributed by atoms with Crippen molar-refractivity contribution in [3.63, 3.8) is 0 Å². The van der Waals surface area contributed by atoms with Crippen LogP contribution in [0.3, 0.4) is 0 Å². The van der Waals surface area contributed by atoms with E-state index >= 15 is 0 Å². The van der Waals surface area contributed by atoms with E-state index in [2.05, 4.69) is 21.2 Å². The quantitative estimate of drug-likeness (QED) is 0.878. The summed E-state index contributed by atoms with van der Waals surface area (Å²) in [6.07, 6.45) is 2.78. The molecule has 1 aromatic heterocycles. The molecule has 0 radical (unpaired) electrons. The molecule has 2 heterocycles. The minimum absolute atomic E-state index is 0.0469.